The number of hydrogen-bond donors (Lipinski definition) is 2. The van der Waals surface area contributed by atoms with Gasteiger partial charge in [-0.2, -0.15) is 0 Å². The largest absolute Gasteiger partial charge is 0.387 e. The number of aryl methyl sites for hydroxylation is 2. The van der Waals surface area contributed by atoms with Crippen molar-refractivity contribution in [2.75, 3.05) is 6.54 Å². The van der Waals surface area contributed by atoms with Crippen LogP contribution < -0.4 is 5.32 Å². The van der Waals surface area contributed by atoms with Crippen molar-refractivity contribution in [3.63, 3.8) is 0 Å². The second-order valence-electron chi connectivity index (χ2n) is 5.54. The van der Waals surface area contributed by atoms with E-state index < -0.39 is 6.10 Å². The highest BCUT2D eigenvalue weighted by atomic mass is 16.3. The molecular weight excluding hydrogens is 276 g/mol. The van der Waals surface area contributed by atoms with Gasteiger partial charge in [-0.3, -0.25) is 4.79 Å². The SMILES string of the molecule is Cn1cccc1C(O)CCNC(=O)CCCc1ccccc1. The first kappa shape index (κ1) is 16.3. The van der Waals surface area contributed by atoms with E-state index in [-0.39, 0.29) is 5.91 Å². The summed E-state index contributed by atoms with van der Waals surface area (Å²) < 4.78 is 1.90. The zero-order valence-electron chi connectivity index (χ0n) is 13.0. The van der Waals surface area contributed by atoms with Crippen LogP contribution in [0.4, 0.5) is 0 Å². The maximum absolute atomic E-state index is 11.8. The van der Waals surface area contributed by atoms with E-state index >= 15 is 0 Å². The molecule has 1 heterocycles. The van der Waals surface area contributed by atoms with Gasteiger partial charge in [0.2, 0.25) is 5.91 Å². The molecule has 2 N–H and O–H groups in total. The Morgan fingerprint density at radius 2 is 2.00 bits per heavy atom. The first-order valence-electron chi connectivity index (χ1n) is 7.76. The molecule has 1 atom stereocenters. The van der Waals surface area contributed by atoms with Gasteiger partial charge in [-0.05, 0) is 37.0 Å². The van der Waals surface area contributed by atoms with Crippen molar-refractivity contribution in [1.29, 1.82) is 0 Å². The summed E-state index contributed by atoms with van der Waals surface area (Å²) in [5.74, 6) is 0.0509. The van der Waals surface area contributed by atoms with Gasteiger partial charge in [0.05, 0.1) is 6.10 Å². The smallest absolute Gasteiger partial charge is 0.220 e. The summed E-state index contributed by atoms with van der Waals surface area (Å²) in [5.41, 5.74) is 2.13. The first-order chi connectivity index (χ1) is 10.7. The third kappa shape index (κ3) is 5.04. The van der Waals surface area contributed by atoms with Gasteiger partial charge < -0.3 is 15.0 Å². The average Bonchev–Trinajstić information content (AvgIpc) is 2.94. The molecule has 22 heavy (non-hydrogen) atoms. The predicted octanol–water partition coefficient (Wildman–Crippen LogP) is 2.59. The van der Waals surface area contributed by atoms with Crippen molar-refractivity contribution in [2.24, 2.45) is 7.05 Å². The third-order valence-electron chi connectivity index (χ3n) is 3.78. The molecule has 1 aromatic heterocycles. The molecule has 0 saturated heterocycles. The molecule has 0 radical (unpaired) electrons. The second kappa shape index (κ2) is 8.39. The summed E-state index contributed by atoms with van der Waals surface area (Å²) in [4.78, 5) is 11.8. The highest BCUT2D eigenvalue weighted by Gasteiger charge is 2.10. The van der Waals surface area contributed by atoms with Gasteiger partial charge in [0.1, 0.15) is 0 Å². The summed E-state index contributed by atoms with van der Waals surface area (Å²) in [6, 6.07) is 14.0. The van der Waals surface area contributed by atoms with Crippen molar-refractivity contribution in [1.82, 2.24) is 9.88 Å². The highest BCUT2D eigenvalue weighted by molar-refractivity contribution is 5.75. The normalized spacial score (nSPS) is 12.1. The Hall–Kier alpha value is -2.07. The zero-order valence-corrected chi connectivity index (χ0v) is 13.0. The number of benzene rings is 1. The van der Waals surface area contributed by atoms with Gasteiger partial charge in [-0.25, -0.2) is 0 Å². The molecule has 4 nitrogen and oxygen atoms in total. The second-order valence-corrected chi connectivity index (χ2v) is 5.54. The Balaban J connectivity index is 1.61. The van der Waals surface area contributed by atoms with Crippen LogP contribution in [-0.4, -0.2) is 22.1 Å². The molecule has 1 amide bonds. The fraction of sp³-hybridized carbons (Fsp3) is 0.389. The summed E-state index contributed by atoms with van der Waals surface area (Å²) in [6.45, 7) is 0.497. The summed E-state index contributed by atoms with van der Waals surface area (Å²) in [6.07, 6.45) is 4.18. The van der Waals surface area contributed by atoms with Crippen molar-refractivity contribution >= 4 is 5.91 Å². The third-order valence-corrected chi connectivity index (χ3v) is 3.78. The molecule has 2 aromatic rings. The van der Waals surface area contributed by atoms with Crippen LogP contribution in [0.5, 0.6) is 0 Å². The lowest BCUT2D eigenvalue weighted by atomic mass is 10.1. The molecule has 0 aliphatic carbocycles. The Labute approximate surface area is 131 Å². The summed E-state index contributed by atoms with van der Waals surface area (Å²) in [5, 5.41) is 12.9. The number of rotatable bonds is 8. The minimum atomic E-state index is -0.537. The number of hydrogen-bond acceptors (Lipinski definition) is 2. The van der Waals surface area contributed by atoms with Crippen LogP contribution in [0.15, 0.2) is 48.7 Å². The van der Waals surface area contributed by atoms with E-state index in [4.69, 9.17) is 0 Å². The zero-order chi connectivity index (χ0) is 15.8. The van der Waals surface area contributed by atoms with Gasteiger partial charge in [0, 0.05) is 31.9 Å². The summed E-state index contributed by atoms with van der Waals surface area (Å²) in [7, 11) is 1.90. The number of aromatic nitrogens is 1. The number of aliphatic hydroxyl groups excluding tert-OH is 1. The van der Waals surface area contributed by atoms with Crippen LogP contribution in [0.3, 0.4) is 0 Å². The Morgan fingerprint density at radius 1 is 1.23 bits per heavy atom. The molecule has 1 aromatic carbocycles. The van der Waals surface area contributed by atoms with Crippen LogP contribution in [0.2, 0.25) is 0 Å². The lowest BCUT2D eigenvalue weighted by Gasteiger charge is -2.12. The number of amides is 1. The van der Waals surface area contributed by atoms with Gasteiger partial charge >= 0.3 is 0 Å². The van der Waals surface area contributed by atoms with E-state index in [0.29, 0.717) is 19.4 Å². The minimum Gasteiger partial charge on any atom is -0.387 e. The molecule has 0 aliphatic heterocycles. The van der Waals surface area contributed by atoms with Crippen LogP contribution in [-0.2, 0) is 18.3 Å². The standard InChI is InChI=1S/C18H24N2O2/c1-20-14-6-10-16(20)17(21)12-13-19-18(22)11-5-9-15-7-3-2-4-8-15/h2-4,6-8,10,14,17,21H,5,9,11-13H2,1H3,(H,19,22). The van der Waals surface area contributed by atoms with Gasteiger partial charge in [0.25, 0.3) is 0 Å². The van der Waals surface area contributed by atoms with Crippen molar-refractivity contribution in [2.45, 2.75) is 31.8 Å². The quantitative estimate of drug-likeness (QED) is 0.787. The molecule has 4 heteroatoms. The number of nitrogens with one attached hydrogen (secondary N) is 1. The van der Waals surface area contributed by atoms with Crippen molar-refractivity contribution in [3.05, 3.63) is 59.9 Å². The molecule has 0 spiro atoms. The molecule has 2 rings (SSSR count). The predicted molar refractivity (Wildman–Crippen MR) is 87.4 cm³/mol. The van der Waals surface area contributed by atoms with Gasteiger partial charge in [-0.1, -0.05) is 30.3 Å². The number of aliphatic hydroxyl groups is 1. The maximum Gasteiger partial charge on any atom is 0.220 e. The molecule has 0 bridgehead atoms. The van der Waals surface area contributed by atoms with E-state index in [9.17, 15) is 9.90 Å². The average molecular weight is 300 g/mol. The Bertz CT molecular complexity index is 578. The lowest BCUT2D eigenvalue weighted by Crippen LogP contribution is -2.25. The molecule has 118 valence electrons. The number of carbonyl (C=O) groups is 1. The molecule has 0 aliphatic rings. The molecule has 0 fully saturated rings. The maximum atomic E-state index is 11.8. The topological polar surface area (TPSA) is 54.3 Å². The monoisotopic (exact) mass is 300 g/mol. The summed E-state index contributed by atoms with van der Waals surface area (Å²) >= 11 is 0. The highest BCUT2D eigenvalue weighted by Crippen LogP contribution is 2.15. The number of nitrogens with zero attached hydrogens (tertiary/aromatic N) is 1. The van der Waals surface area contributed by atoms with E-state index in [1.807, 2.05) is 48.1 Å². The lowest BCUT2D eigenvalue weighted by molar-refractivity contribution is -0.121. The van der Waals surface area contributed by atoms with Crippen molar-refractivity contribution in [3.8, 4) is 0 Å². The van der Waals surface area contributed by atoms with Crippen LogP contribution in [0, 0.1) is 0 Å². The fourth-order valence-electron chi connectivity index (χ4n) is 2.50. The van der Waals surface area contributed by atoms with Crippen LogP contribution in [0.1, 0.15) is 36.6 Å². The van der Waals surface area contributed by atoms with Gasteiger partial charge in [0.15, 0.2) is 0 Å². The van der Waals surface area contributed by atoms with Gasteiger partial charge in [-0.15, -0.1) is 0 Å². The van der Waals surface area contributed by atoms with E-state index in [2.05, 4.69) is 17.4 Å². The Morgan fingerprint density at radius 3 is 2.68 bits per heavy atom. The minimum absolute atomic E-state index is 0.0509. The first-order valence-corrected chi connectivity index (χ1v) is 7.76. The van der Waals surface area contributed by atoms with Crippen LogP contribution in [0.25, 0.3) is 0 Å². The van der Waals surface area contributed by atoms with E-state index in [1.54, 1.807) is 0 Å². The van der Waals surface area contributed by atoms with Crippen molar-refractivity contribution < 1.29 is 9.90 Å². The molecule has 0 saturated carbocycles. The number of carbonyl (C=O) groups excluding carboxylic acids is 1. The van der Waals surface area contributed by atoms with E-state index in [1.165, 1.54) is 5.56 Å². The molecular formula is C18H24N2O2. The molecule has 1 unspecified atom stereocenters. The van der Waals surface area contributed by atoms with E-state index in [0.717, 1.165) is 18.5 Å². The van der Waals surface area contributed by atoms with Crippen LogP contribution >= 0.6 is 0 Å². The fourth-order valence-corrected chi connectivity index (χ4v) is 2.50. The Kier molecular flexibility index (Phi) is 6.22.